The lowest BCUT2D eigenvalue weighted by Crippen LogP contribution is -2.45. The van der Waals surface area contributed by atoms with Crippen LogP contribution in [0.2, 0.25) is 0 Å². The molecule has 2 aromatic carbocycles. The lowest BCUT2D eigenvalue weighted by molar-refractivity contribution is -0.136. The van der Waals surface area contributed by atoms with E-state index in [2.05, 4.69) is 12.6 Å². The molecular formula is C19H19NO4S. The molecule has 2 aromatic rings. The third-order valence-electron chi connectivity index (χ3n) is 4.12. The molecule has 130 valence electrons. The fourth-order valence-corrected chi connectivity index (χ4v) is 3.20. The predicted octanol–water partition coefficient (Wildman–Crippen LogP) is 4.03. The molecule has 0 aliphatic carbocycles. The first-order valence-electron chi connectivity index (χ1n) is 7.91. The summed E-state index contributed by atoms with van der Waals surface area (Å²) in [6, 6.07) is 17.8. The van der Waals surface area contributed by atoms with Crippen molar-refractivity contribution in [3.8, 4) is 0 Å². The minimum absolute atomic E-state index is 0.197. The van der Waals surface area contributed by atoms with Crippen molar-refractivity contribution in [1.29, 1.82) is 0 Å². The van der Waals surface area contributed by atoms with E-state index in [1.54, 1.807) is 43.0 Å². The second kappa shape index (κ2) is 6.90. The van der Waals surface area contributed by atoms with Gasteiger partial charge in [0.1, 0.15) is 11.8 Å². The van der Waals surface area contributed by atoms with Gasteiger partial charge in [0, 0.05) is 5.56 Å². The van der Waals surface area contributed by atoms with Gasteiger partial charge in [0.2, 0.25) is 6.29 Å². The van der Waals surface area contributed by atoms with Crippen molar-refractivity contribution in [3.63, 3.8) is 0 Å². The molecular weight excluding hydrogens is 338 g/mol. The third kappa shape index (κ3) is 3.55. The first-order chi connectivity index (χ1) is 11.9. The third-order valence-corrected chi connectivity index (χ3v) is 4.22. The second-order valence-corrected chi connectivity index (χ2v) is 6.58. The molecule has 0 N–H and O–H groups in total. The van der Waals surface area contributed by atoms with Gasteiger partial charge in [-0.25, -0.2) is 4.79 Å². The van der Waals surface area contributed by atoms with Gasteiger partial charge in [0.15, 0.2) is 0 Å². The standard InChI is InChI=1S/C19H19NO4S/c1-19(2)20(16(21)14-11-7-4-8-12-14)15(13-9-5-3-6-10-13)17(24-19)23-18(22)25/h3-12,15,17H,1-2H3,(H,22,25)/t15-,17-/m0/s1. The fraction of sp³-hybridized carbons (Fsp3) is 0.263. The highest BCUT2D eigenvalue weighted by Crippen LogP contribution is 2.43. The Hall–Kier alpha value is -2.31. The van der Waals surface area contributed by atoms with Crippen LogP contribution in [-0.2, 0) is 9.47 Å². The van der Waals surface area contributed by atoms with Crippen LogP contribution in [0.3, 0.4) is 0 Å². The van der Waals surface area contributed by atoms with E-state index >= 15 is 0 Å². The largest absolute Gasteiger partial charge is 0.425 e. The lowest BCUT2D eigenvalue weighted by Gasteiger charge is -2.33. The quantitative estimate of drug-likeness (QED) is 0.666. The van der Waals surface area contributed by atoms with Crippen LogP contribution in [0.25, 0.3) is 0 Å². The van der Waals surface area contributed by atoms with Crippen LogP contribution in [0.15, 0.2) is 60.7 Å². The SMILES string of the molecule is CC1(C)O[C@H](OC(=O)S)[C@H](c2ccccc2)N1C(=O)c1ccccc1. The van der Waals surface area contributed by atoms with Crippen LogP contribution < -0.4 is 0 Å². The minimum atomic E-state index is -0.957. The van der Waals surface area contributed by atoms with E-state index in [1.165, 1.54) is 0 Å². The van der Waals surface area contributed by atoms with E-state index in [0.717, 1.165) is 5.56 Å². The smallest absolute Gasteiger partial charge is 0.366 e. The molecule has 3 rings (SSSR count). The van der Waals surface area contributed by atoms with Crippen LogP contribution in [-0.4, -0.2) is 28.1 Å². The van der Waals surface area contributed by atoms with Crippen molar-refractivity contribution in [3.05, 3.63) is 71.8 Å². The van der Waals surface area contributed by atoms with Crippen molar-refractivity contribution in [2.75, 3.05) is 0 Å². The molecule has 2 atom stereocenters. The summed E-state index contributed by atoms with van der Waals surface area (Å²) in [7, 11) is 0. The van der Waals surface area contributed by atoms with Gasteiger partial charge in [-0.15, -0.1) is 0 Å². The highest BCUT2D eigenvalue weighted by Gasteiger charge is 2.52. The summed E-state index contributed by atoms with van der Waals surface area (Å²) in [6.45, 7) is 3.55. The average molecular weight is 357 g/mol. The molecule has 0 aromatic heterocycles. The molecule has 1 saturated heterocycles. The number of hydrogen-bond acceptors (Lipinski definition) is 4. The van der Waals surface area contributed by atoms with Gasteiger partial charge in [-0.2, -0.15) is 0 Å². The zero-order chi connectivity index (χ0) is 18.0. The normalized spacial score (nSPS) is 21.8. The summed E-state index contributed by atoms with van der Waals surface area (Å²) in [5, 5.41) is -0.754. The van der Waals surface area contributed by atoms with Crippen LogP contribution in [0.1, 0.15) is 35.8 Å². The van der Waals surface area contributed by atoms with Crippen molar-refractivity contribution >= 4 is 23.8 Å². The van der Waals surface area contributed by atoms with Gasteiger partial charge in [-0.1, -0.05) is 61.2 Å². The Morgan fingerprint density at radius 3 is 2.16 bits per heavy atom. The highest BCUT2D eigenvalue weighted by molar-refractivity contribution is 7.96. The average Bonchev–Trinajstić information content (AvgIpc) is 2.85. The molecule has 1 fully saturated rings. The Labute approximate surface area is 152 Å². The number of ether oxygens (including phenoxy) is 2. The summed E-state index contributed by atoms with van der Waals surface area (Å²) in [5.74, 6) is -0.197. The zero-order valence-corrected chi connectivity index (χ0v) is 14.9. The molecule has 1 heterocycles. The van der Waals surface area contributed by atoms with E-state index in [4.69, 9.17) is 9.47 Å². The second-order valence-electron chi connectivity index (χ2n) is 6.21. The van der Waals surface area contributed by atoms with E-state index < -0.39 is 23.4 Å². The number of rotatable bonds is 3. The number of carbonyl (C=O) groups is 2. The van der Waals surface area contributed by atoms with E-state index in [1.807, 2.05) is 36.4 Å². The van der Waals surface area contributed by atoms with Crippen molar-refractivity contribution in [2.24, 2.45) is 0 Å². The van der Waals surface area contributed by atoms with E-state index in [9.17, 15) is 9.59 Å². The molecule has 0 spiro atoms. The molecule has 1 aliphatic rings. The van der Waals surface area contributed by atoms with Gasteiger partial charge in [-0.3, -0.25) is 9.69 Å². The molecule has 0 unspecified atom stereocenters. The topological polar surface area (TPSA) is 55.8 Å². The van der Waals surface area contributed by atoms with Crippen LogP contribution in [0.4, 0.5) is 4.79 Å². The van der Waals surface area contributed by atoms with Crippen LogP contribution >= 0.6 is 12.6 Å². The van der Waals surface area contributed by atoms with Crippen LogP contribution in [0.5, 0.6) is 0 Å². The number of thiol groups is 1. The number of amides is 1. The van der Waals surface area contributed by atoms with Gasteiger partial charge in [0.05, 0.1) is 0 Å². The van der Waals surface area contributed by atoms with Gasteiger partial charge in [0.25, 0.3) is 5.91 Å². The molecule has 25 heavy (non-hydrogen) atoms. The van der Waals surface area contributed by atoms with Gasteiger partial charge < -0.3 is 9.47 Å². The molecule has 6 heteroatoms. The fourth-order valence-electron chi connectivity index (χ4n) is 3.10. The maximum Gasteiger partial charge on any atom is 0.366 e. The molecule has 1 aliphatic heterocycles. The summed E-state index contributed by atoms with van der Waals surface area (Å²) < 4.78 is 11.1. The Bertz CT molecular complexity index is 764. The summed E-state index contributed by atoms with van der Waals surface area (Å²) in [4.78, 5) is 26.2. The first kappa shape index (κ1) is 17.5. The number of nitrogens with zero attached hydrogens (tertiary/aromatic N) is 1. The summed E-state index contributed by atoms with van der Waals surface area (Å²) in [6.07, 6.45) is -0.935. The summed E-state index contributed by atoms with van der Waals surface area (Å²) in [5.41, 5.74) is 0.399. The number of hydrogen-bond donors (Lipinski definition) is 1. The number of benzene rings is 2. The Kier molecular flexibility index (Phi) is 4.83. The van der Waals surface area contributed by atoms with Crippen LogP contribution in [0, 0.1) is 0 Å². The van der Waals surface area contributed by atoms with Gasteiger partial charge >= 0.3 is 5.30 Å². The zero-order valence-electron chi connectivity index (χ0n) is 14.0. The molecule has 1 amide bonds. The van der Waals surface area contributed by atoms with Crippen molar-refractivity contribution < 1.29 is 19.1 Å². The molecule has 0 saturated carbocycles. The molecule has 0 radical (unpaired) electrons. The highest BCUT2D eigenvalue weighted by atomic mass is 32.1. The Balaban J connectivity index is 2.05. The Morgan fingerprint density at radius 2 is 1.60 bits per heavy atom. The first-order valence-corrected chi connectivity index (χ1v) is 8.36. The van der Waals surface area contributed by atoms with Crippen molar-refractivity contribution in [1.82, 2.24) is 4.90 Å². The number of carbonyl (C=O) groups excluding carboxylic acids is 2. The maximum absolute atomic E-state index is 13.2. The monoisotopic (exact) mass is 357 g/mol. The van der Waals surface area contributed by atoms with Gasteiger partial charge in [-0.05, 0) is 31.5 Å². The maximum atomic E-state index is 13.2. The Morgan fingerprint density at radius 1 is 1.04 bits per heavy atom. The minimum Gasteiger partial charge on any atom is -0.425 e. The van der Waals surface area contributed by atoms with Crippen molar-refractivity contribution in [2.45, 2.75) is 31.9 Å². The molecule has 0 bridgehead atoms. The summed E-state index contributed by atoms with van der Waals surface area (Å²) >= 11 is 3.69. The van der Waals surface area contributed by atoms with E-state index in [-0.39, 0.29) is 5.91 Å². The van der Waals surface area contributed by atoms with E-state index in [0.29, 0.717) is 5.56 Å². The lowest BCUT2D eigenvalue weighted by atomic mass is 10.0. The predicted molar refractivity (Wildman–Crippen MR) is 96.2 cm³/mol. The molecule has 5 nitrogen and oxygen atoms in total.